The second-order valence-electron chi connectivity index (χ2n) is 8.65. The van der Waals surface area contributed by atoms with Crippen LogP contribution in [-0.4, -0.2) is 28.9 Å². The number of hydrogen-bond acceptors (Lipinski definition) is 3. The first-order valence-corrected chi connectivity index (χ1v) is 11.0. The number of anilines is 2. The molecule has 0 bridgehead atoms. The highest BCUT2D eigenvalue weighted by atomic mass is 16.2. The lowest BCUT2D eigenvalue weighted by Gasteiger charge is -2.19. The van der Waals surface area contributed by atoms with Crippen molar-refractivity contribution < 1.29 is 14.4 Å². The smallest absolute Gasteiger partial charge is 0.270 e. The fourth-order valence-corrected chi connectivity index (χ4v) is 4.09. The van der Waals surface area contributed by atoms with Gasteiger partial charge in [-0.25, -0.2) is 0 Å². The minimum Gasteiger partial charge on any atom is -0.326 e. The number of amides is 3. The topological polar surface area (TPSA) is 83.4 Å². The summed E-state index contributed by atoms with van der Waals surface area (Å²) in [5.74, 6) is -0.917. The van der Waals surface area contributed by atoms with Gasteiger partial charge in [0.2, 0.25) is 11.8 Å². The maximum atomic E-state index is 12.8. The van der Waals surface area contributed by atoms with Gasteiger partial charge in [-0.15, -0.1) is 0 Å². The summed E-state index contributed by atoms with van der Waals surface area (Å²) in [5.41, 5.74) is 8.74. The molecule has 33 heavy (non-hydrogen) atoms. The van der Waals surface area contributed by atoms with Gasteiger partial charge in [0, 0.05) is 41.3 Å². The molecule has 4 rings (SSSR count). The van der Waals surface area contributed by atoms with Crippen LogP contribution in [-0.2, 0) is 9.59 Å². The maximum Gasteiger partial charge on any atom is 0.270 e. The van der Waals surface area contributed by atoms with Crippen LogP contribution in [0, 0.1) is 33.6 Å². The van der Waals surface area contributed by atoms with E-state index >= 15 is 0 Å². The molecule has 1 fully saturated rings. The number of carbonyl (C=O) groups excluding carboxylic acids is 3. The molecule has 1 atom stereocenters. The first-order valence-electron chi connectivity index (χ1n) is 11.0. The van der Waals surface area contributed by atoms with Gasteiger partial charge in [0.15, 0.2) is 0 Å². The molecule has 0 radical (unpaired) electrons. The normalized spacial score (nSPS) is 15.6. The Bertz CT molecular complexity index is 1210. The van der Waals surface area contributed by atoms with Crippen molar-refractivity contribution in [3.05, 3.63) is 82.7 Å². The van der Waals surface area contributed by atoms with Crippen LogP contribution in [0.25, 0.3) is 0 Å². The molecule has 0 spiro atoms. The molecule has 0 aliphatic carbocycles. The Morgan fingerprint density at radius 1 is 0.909 bits per heavy atom. The zero-order valence-electron chi connectivity index (χ0n) is 19.3. The van der Waals surface area contributed by atoms with Crippen molar-refractivity contribution in [3.8, 4) is 0 Å². The molecule has 3 aromatic rings. The van der Waals surface area contributed by atoms with Crippen molar-refractivity contribution in [3.63, 3.8) is 0 Å². The number of benzene rings is 2. The monoisotopic (exact) mass is 444 g/mol. The second-order valence-corrected chi connectivity index (χ2v) is 8.65. The summed E-state index contributed by atoms with van der Waals surface area (Å²) < 4.78 is 1.73. The lowest BCUT2D eigenvalue weighted by atomic mass is 10.1. The van der Waals surface area contributed by atoms with Gasteiger partial charge in [-0.2, -0.15) is 0 Å². The van der Waals surface area contributed by atoms with E-state index in [0.29, 0.717) is 17.8 Å². The van der Waals surface area contributed by atoms with Gasteiger partial charge in [0.1, 0.15) is 0 Å². The van der Waals surface area contributed by atoms with Crippen LogP contribution in [0.1, 0.15) is 39.3 Å². The van der Waals surface area contributed by atoms with E-state index in [0.717, 1.165) is 28.2 Å². The number of rotatable bonds is 5. The van der Waals surface area contributed by atoms with Crippen LogP contribution >= 0.6 is 0 Å². The number of nitrogens with zero attached hydrogens (tertiary/aromatic N) is 2. The molecule has 1 saturated heterocycles. The average Bonchev–Trinajstić information content (AvgIpc) is 3.33. The fraction of sp³-hybridized carbons (Fsp3) is 0.269. The molecule has 2 N–H and O–H groups in total. The second kappa shape index (κ2) is 8.94. The van der Waals surface area contributed by atoms with E-state index in [2.05, 4.69) is 10.7 Å². The average molecular weight is 445 g/mol. The molecular formula is C26H28N4O3. The number of hydrogen-bond donors (Lipinski definition) is 2. The van der Waals surface area contributed by atoms with Gasteiger partial charge >= 0.3 is 0 Å². The Morgan fingerprint density at radius 3 is 2.24 bits per heavy atom. The first kappa shape index (κ1) is 22.3. The highest BCUT2D eigenvalue weighted by Gasteiger charge is 2.35. The summed E-state index contributed by atoms with van der Waals surface area (Å²) in [4.78, 5) is 39.7. The van der Waals surface area contributed by atoms with Crippen LogP contribution in [0.4, 0.5) is 11.4 Å². The van der Waals surface area contributed by atoms with Crippen molar-refractivity contribution >= 4 is 29.1 Å². The summed E-state index contributed by atoms with van der Waals surface area (Å²) in [6.45, 7) is 8.14. The molecule has 1 aliphatic heterocycles. The van der Waals surface area contributed by atoms with E-state index in [1.807, 2.05) is 58.0 Å². The number of carbonyl (C=O) groups is 3. The third-order valence-corrected chi connectivity index (χ3v) is 6.05. The summed E-state index contributed by atoms with van der Waals surface area (Å²) in [5, 5.41) is 2.88. The number of nitrogens with one attached hydrogen (secondary N) is 2. The van der Waals surface area contributed by atoms with Gasteiger partial charge in [-0.3, -0.25) is 24.5 Å². The fourth-order valence-electron chi connectivity index (χ4n) is 4.09. The molecule has 0 unspecified atom stereocenters. The van der Waals surface area contributed by atoms with Gasteiger partial charge in [-0.1, -0.05) is 12.1 Å². The lowest BCUT2D eigenvalue weighted by molar-refractivity contribution is -0.122. The van der Waals surface area contributed by atoms with Crippen molar-refractivity contribution in [1.82, 2.24) is 4.68 Å². The molecule has 7 nitrogen and oxygen atoms in total. The standard InChI is InChI=1S/C26H28N4O3/c1-16-5-6-17(2)23(13-16)29-15-21(14-24(29)31)25(32)27-22-11-9-20(10-12-22)26(33)28-30-18(3)7-8-19(30)4/h5-13,21H,14-15H2,1-4H3,(H,27,32)(H,28,33)/t21-/m1/s1. The minimum atomic E-state index is -0.430. The summed E-state index contributed by atoms with van der Waals surface area (Å²) in [7, 11) is 0. The van der Waals surface area contributed by atoms with Gasteiger partial charge in [0.05, 0.1) is 5.92 Å². The zero-order chi connectivity index (χ0) is 23.7. The summed E-state index contributed by atoms with van der Waals surface area (Å²) in [6, 6.07) is 16.6. The predicted molar refractivity (Wildman–Crippen MR) is 129 cm³/mol. The summed E-state index contributed by atoms with van der Waals surface area (Å²) in [6.07, 6.45) is 0.176. The van der Waals surface area contributed by atoms with Crippen LogP contribution in [0.2, 0.25) is 0 Å². The van der Waals surface area contributed by atoms with Crippen LogP contribution in [0.3, 0.4) is 0 Å². The Balaban J connectivity index is 1.39. The molecule has 0 saturated carbocycles. The molecule has 7 heteroatoms. The van der Waals surface area contributed by atoms with E-state index in [1.54, 1.807) is 33.8 Å². The number of aryl methyl sites for hydroxylation is 4. The van der Waals surface area contributed by atoms with Crippen LogP contribution in [0.5, 0.6) is 0 Å². The van der Waals surface area contributed by atoms with Crippen molar-refractivity contribution in [2.75, 3.05) is 22.2 Å². The number of aromatic nitrogens is 1. The maximum absolute atomic E-state index is 12.8. The molecule has 170 valence electrons. The molecule has 1 aromatic heterocycles. The largest absolute Gasteiger partial charge is 0.326 e. The van der Waals surface area contributed by atoms with Crippen LogP contribution < -0.4 is 15.6 Å². The molecule has 2 aromatic carbocycles. The highest BCUT2D eigenvalue weighted by Crippen LogP contribution is 2.29. The van der Waals surface area contributed by atoms with E-state index in [1.165, 1.54) is 0 Å². The van der Waals surface area contributed by atoms with E-state index < -0.39 is 5.92 Å². The van der Waals surface area contributed by atoms with Gasteiger partial charge in [0.25, 0.3) is 5.91 Å². The van der Waals surface area contributed by atoms with E-state index in [4.69, 9.17) is 0 Å². The predicted octanol–water partition coefficient (Wildman–Crippen LogP) is 4.10. The molecular weight excluding hydrogens is 416 g/mol. The Morgan fingerprint density at radius 2 is 1.58 bits per heavy atom. The third-order valence-electron chi connectivity index (χ3n) is 6.05. The Labute approximate surface area is 193 Å². The molecule has 3 amide bonds. The Hall–Kier alpha value is -3.87. The van der Waals surface area contributed by atoms with Crippen molar-refractivity contribution in [1.29, 1.82) is 0 Å². The van der Waals surface area contributed by atoms with Gasteiger partial charge in [-0.05, 0) is 81.3 Å². The van der Waals surface area contributed by atoms with Gasteiger partial charge < -0.3 is 10.2 Å². The van der Waals surface area contributed by atoms with Crippen LogP contribution in [0.15, 0.2) is 54.6 Å². The van der Waals surface area contributed by atoms with E-state index in [9.17, 15) is 14.4 Å². The highest BCUT2D eigenvalue weighted by molar-refractivity contribution is 6.04. The van der Waals surface area contributed by atoms with Crippen molar-refractivity contribution in [2.24, 2.45) is 5.92 Å². The SMILES string of the molecule is Cc1ccc(C)c(N2C[C@H](C(=O)Nc3ccc(C(=O)Nn4c(C)ccc4C)cc3)CC2=O)c1. The van der Waals surface area contributed by atoms with E-state index in [-0.39, 0.29) is 24.1 Å². The van der Waals surface area contributed by atoms with Crippen molar-refractivity contribution in [2.45, 2.75) is 34.1 Å². The lowest BCUT2D eigenvalue weighted by Crippen LogP contribution is -2.28. The molecule has 2 heterocycles. The minimum absolute atomic E-state index is 0.0496. The summed E-state index contributed by atoms with van der Waals surface area (Å²) >= 11 is 0. The first-order chi connectivity index (χ1) is 15.7. The third kappa shape index (κ3) is 4.67. The Kier molecular flexibility index (Phi) is 6.05. The quantitative estimate of drug-likeness (QED) is 0.622. The zero-order valence-corrected chi connectivity index (χ0v) is 19.3. The molecule has 1 aliphatic rings.